The molecule has 148 valence electrons. The van der Waals surface area contributed by atoms with E-state index in [1.165, 1.54) is 22.3 Å². The van der Waals surface area contributed by atoms with Gasteiger partial charge in [0.25, 0.3) is 0 Å². The fourth-order valence-corrected chi connectivity index (χ4v) is 4.52. The summed E-state index contributed by atoms with van der Waals surface area (Å²) in [6.45, 7) is 9.95. The summed E-state index contributed by atoms with van der Waals surface area (Å²) in [6, 6.07) is 4.20. The molecule has 0 bridgehead atoms. The molecule has 1 unspecified atom stereocenters. The summed E-state index contributed by atoms with van der Waals surface area (Å²) in [4.78, 5) is 24.3. The van der Waals surface area contributed by atoms with E-state index in [1.54, 1.807) is 0 Å². The molecule has 1 amide bonds. The van der Waals surface area contributed by atoms with Crippen molar-refractivity contribution < 1.29 is 4.79 Å². The van der Waals surface area contributed by atoms with Crippen molar-refractivity contribution in [2.45, 2.75) is 59.4 Å². The number of anilines is 3. The molecule has 1 aromatic heterocycles. The molecular formula is C22H29N5O. The third-order valence-electron chi connectivity index (χ3n) is 5.86. The maximum atomic E-state index is 12.6. The van der Waals surface area contributed by atoms with Gasteiger partial charge in [0.15, 0.2) is 0 Å². The fraction of sp³-hybridized carbons (Fsp3) is 0.500. The second-order valence-electron chi connectivity index (χ2n) is 8.08. The standard InChI is InChI=1S/C22H29N5O/c1-13-11-14(2)19(15(3)12-13)25-22-24-16(4)17-8-10-27(20(17)26-22)18-7-5-6-9-23-21(18)28/h11-12,18H,5-10H2,1-4H3,(H,23,28)(H,24,25,26). The van der Waals surface area contributed by atoms with Gasteiger partial charge in [-0.15, -0.1) is 0 Å². The minimum atomic E-state index is -0.131. The van der Waals surface area contributed by atoms with Crippen LogP contribution >= 0.6 is 0 Å². The van der Waals surface area contributed by atoms with Crippen LogP contribution in [0.3, 0.4) is 0 Å². The first-order valence-corrected chi connectivity index (χ1v) is 10.2. The molecule has 1 fully saturated rings. The SMILES string of the molecule is Cc1cc(C)c(Nc2nc(C)c3c(n2)N(C2CCCCNC2=O)CC3)c(C)c1. The van der Waals surface area contributed by atoms with Crippen LogP contribution in [0.15, 0.2) is 12.1 Å². The van der Waals surface area contributed by atoms with Crippen molar-refractivity contribution in [2.75, 3.05) is 23.3 Å². The summed E-state index contributed by atoms with van der Waals surface area (Å²) >= 11 is 0. The van der Waals surface area contributed by atoms with Gasteiger partial charge in [0, 0.05) is 30.0 Å². The molecule has 6 heteroatoms. The first-order valence-electron chi connectivity index (χ1n) is 10.2. The lowest BCUT2D eigenvalue weighted by Crippen LogP contribution is -2.45. The Labute approximate surface area is 166 Å². The number of hydrogen-bond donors (Lipinski definition) is 2. The number of aryl methyl sites for hydroxylation is 4. The number of hydrogen-bond acceptors (Lipinski definition) is 5. The van der Waals surface area contributed by atoms with E-state index >= 15 is 0 Å². The van der Waals surface area contributed by atoms with Crippen molar-refractivity contribution in [1.82, 2.24) is 15.3 Å². The van der Waals surface area contributed by atoms with E-state index in [4.69, 9.17) is 9.97 Å². The lowest BCUT2D eigenvalue weighted by atomic mass is 10.1. The van der Waals surface area contributed by atoms with Crippen molar-refractivity contribution >= 4 is 23.4 Å². The normalized spacial score (nSPS) is 19.2. The molecule has 2 N–H and O–H groups in total. The van der Waals surface area contributed by atoms with Crippen molar-refractivity contribution in [3.8, 4) is 0 Å². The van der Waals surface area contributed by atoms with Gasteiger partial charge in [-0.05, 0) is 64.5 Å². The van der Waals surface area contributed by atoms with Gasteiger partial charge in [-0.1, -0.05) is 17.7 Å². The quantitative estimate of drug-likeness (QED) is 0.854. The van der Waals surface area contributed by atoms with E-state index in [2.05, 4.69) is 48.4 Å². The van der Waals surface area contributed by atoms with Crippen LogP contribution in [0.5, 0.6) is 0 Å². The van der Waals surface area contributed by atoms with Crippen molar-refractivity contribution in [3.63, 3.8) is 0 Å². The topological polar surface area (TPSA) is 70.2 Å². The van der Waals surface area contributed by atoms with Crippen molar-refractivity contribution in [3.05, 3.63) is 40.1 Å². The molecule has 1 aromatic carbocycles. The summed E-state index contributed by atoms with van der Waals surface area (Å²) in [5.41, 5.74) is 6.82. The Morgan fingerprint density at radius 3 is 2.61 bits per heavy atom. The Bertz CT molecular complexity index is 900. The molecule has 2 aliphatic heterocycles. The smallest absolute Gasteiger partial charge is 0.242 e. The van der Waals surface area contributed by atoms with Crippen molar-refractivity contribution in [2.24, 2.45) is 0 Å². The van der Waals surface area contributed by atoms with Crippen molar-refractivity contribution in [1.29, 1.82) is 0 Å². The lowest BCUT2D eigenvalue weighted by Gasteiger charge is -2.27. The molecule has 1 atom stereocenters. The molecule has 28 heavy (non-hydrogen) atoms. The highest BCUT2D eigenvalue weighted by Crippen LogP contribution is 2.33. The molecule has 4 rings (SSSR count). The van der Waals surface area contributed by atoms with Crippen LogP contribution in [0.25, 0.3) is 0 Å². The summed E-state index contributed by atoms with van der Waals surface area (Å²) in [6.07, 6.45) is 3.89. The molecule has 0 aliphatic carbocycles. The van der Waals surface area contributed by atoms with Crippen LogP contribution in [0.2, 0.25) is 0 Å². The Kier molecular flexibility index (Phi) is 4.96. The number of amides is 1. The zero-order valence-corrected chi connectivity index (χ0v) is 17.2. The van der Waals surface area contributed by atoms with Gasteiger partial charge >= 0.3 is 0 Å². The number of carbonyl (C=O) groups is 1. The predicted octanol–water partition coefficient (Wildman–Crippen LogP) is 3.49. The minimum Gasteiger partial charge on any atom is -0.354 e. The third kappa shape index (κ3) is 3.43. The molecule has 2 aromatic rings. The Hall–Kier alpha value is -2.63. The second-order valence-corrected chi connectivity index (χ2v) is 8.08. The van der Waals surface area contributed by atoms with Gasteiger partial charge in [-0.3, -0.25) is 4.79 Å². The fourth-order valence-electron chi connectivity index (χ4n) is 4.52. The van der Waals surface area contributed by atoms with Crippen LogP contribution in [0, 0.1) is 27.7 Å². The molecule has 1 saturated heterocycles. The number of nitrogens with one attached hydrogen (secondary N) is 2. The second kappa shape index (κ2) is 7.41. The zero-order valence-electron chi connectivity index (χ0n) is 17.2. The van der Waals surface area contributed by atoms with Gasteiger partial charge in [0.1, 0.15) is 11.9 Å². The van der Waals surface area contributed by atoms with Crippen LogP contribution in [0.4, 0.5) is 17.5 Å². The highest BCUT2D eigenvalue weighted by atomic mass is 16.2. The van der Waals surface area contributed by atoms with E-state index in [0.717, 1.165) is 56.0 Å². The van der Waals surface area contributed by atoms with E-state index in [9.17, 15) is 4.79 Å². The zero-order chi connectivity index (χ0) is 19.8. The summed E-state index contributed by atoms with van der Waals surface area (Å²) in [7, 11) is 0. The highest BCUT2D eigenvalue weighted by molar-refractivity contribution is 5.86. The average Bonchev–Trinajstić information content (AvgIpc) is 2.93. The highest BCUT2D eigenvalue weighted by Gasteiger charge is 2.34. The van der Waals surface area contributed by atoms with Gasteiger partial charge in [0.2, 0.25) is 11.9 Å². The molecule has 3 heterocycles. The Balaban J connectivity index is 1.68. The number of aromatic nitrogens is 2. The number of carbonyl (C=O) groups excluding carboxylic acids is 1. The van der Waals surface area contributed by atoms with Crippen LogP contribution in [0.1, 0.15) is 47.2 Å². The largest absolute Gasteiger partial charge is 0.354 e. The molecule has 0 radical (unpaired) electrons. The van der Waals surface area contributed by atoms with Gasteiger partial charge in [-0.25, -0.2) is 4.98 Å². The molecule has 2 aliphatic rings. The average molecular weight is 380 g/mol. The number of fused-ring (bicyclic) bond motifs is 1. The Morgan fingerprint density at radius 1 is 1.11 bits per heavy atom. The van der Waals surface area contributed by atoms with E-state index in [0.29, 0.717) is 5.95 Å². The van der Waals surface area contributed by atoms with Gasteiger partial charge in [-0.2, -0.15) is 4.98 Å². The maximum absolute atomic E-state index is 12.6. The maximum Gasteiger partial charge on any atom is 0.242 e. The minimum absolute atomic E-state index is 0.126. The monoisotopic (exact) mass is 379 g/mol. The molecule has 0 spiro atoms. The lowest BCUT2D eigenvalue weighted by molar-refractivity contribution is -0.122. The van der Waals surface area contributed by atoms with Crippen LogP contribution in [-0.2, 0) is 11.2 Å². The van der Waals surface area contributed by atoms with E-state index in [1.807, 2.05) is 6.92 Å². The summed E-state index contributed by atoms with van der Waals surface area (Å²) in [5, 5.41) is 6.49. The Morgan fingerprint density at radius 2 is 1.86 bits per heavy atom. The van der Waals surface area contributed by atoms with Crippen LogP contribution < -0.4 is 15.5 Å². The first-order chi connectivity index (χ1) is 13.4. The van der Waals surface area contributed by atoms with Crippen LogP contribution in [-0.4, -0.2) is 35.0 Å². The molecular weight excluding hydrogens is 350 g/mol. The molecule has 6 nitrogen and oxygen atoms in total. The van der Waals surface area contributed by atoms with E-state index in [-0.39, 0.29) is 11.9 Å². The predicted molar refractivity (Wildman–Crippen MR) is 112 cm³/mol. The summed E-state index contributed by atoms with van der Waals surface area (Å²) < 4.78 is 0. The van der Waals surface area contributed by atoms with Gasteiger partial charge < -0.3 is 15.5 Å². The van der Waals surface area contributed by atoms with Gasteiger partial charge in [0.05, 0.1) is 0 Å². The first kappa shape index (κ1) is 18.7. The number of nitrogens with zero attached hydrogens (tertiary/aromatic N) is 3. The number of rotatable bonds is 3. The third-order valence-corrected chi connectivity index (χ3v) is 5.86. The molecule has 0 saturated carbocycles. The number of benzene rings is 1. The van der Waals surface area contributed by atoms with E-state index < -0.39 is 0 Å². The summed E-state index contributed by atoms with van der Waals surface area (Å²) in [5.74, 6) is 1.65.